The first-order chi connectivity index (χ1) is 12.3. The molecule has 3 nitrogen and oxygen atoms in total. The van der Waals surface area contributed by atoms with Crippen molar-refractivity contribution < 1.29 is 0 Å². The Balaban J connectivity index is 1.64. The molecule has 0 unspecified atom stereocenters. The summed E-state index contributed by atoms with van der Waals surface area (Å²) in [6, 6.07) is 0.427. The van der Waals surface area contributed by atoms with Crippen molar-refractivity contribution in [2.75, 3.05) is 20.1 Å². The van der Waals surface area contributed by atoms with Crippen LogP contribution in [0.2, 0.25) is 0 Å². The molecule has 2 saturated heterocycles. The van der Waals surface area contributed by atoms with Crippen LogP contribution in [0.1, 0.15) is 53.4 Å². The third-order valence-electron chi connectivity index (χ3n) is 6.96. The Morgan fingerprint density at radius 2 is 2.04 bits per heavy atom. The van der Waals surface area contributed by atoms with E-state index < -0.39 is 0 Å². The van der Waals surface area contributed by atoms with Gasteiger partial charge >= 0.3 is 0 Å². The Labute approximate surface area is 160 Å². The molecule has 0 spiro atoms. The van der Waals surface area contributed by atoms with Crippen LogP contribution in [-0.4, -0.2) is 42.3 Å². The lowest BCUT2D eigenvalue weighted by molar-refractivity contribution is 0.0602. The Morgan fingerprint density at radius 3 is 2.65 bits per heavy atom. The van der Waals surface area contributed by atoms with E-state index in [2.05, 4.69) is 69.3 Å². The van der Waals surface area contributed by atoms with E-state index >= 15 is 0 Å². The molecule has 3 aliphatic rings. The Bertz CT molecular complexity index is 617. The van der Waals surface area contributed by atoms with Gasteiger partial charge in [0.05, 0.1) is 5.71 Å². The highest BCUT2D eigenvalue weighted by Gasteiger charge is 2.34. The van der Waals surface area contributed by atoms with Crippen molar-refractivity contribution in [2.24, 2.45) is 17.8 Å². The second-order valence-electron chi connectivity index (χ2n) is 9.50. The Hall–Kier alpha value is -1.19. The summed E-state index contributed by atoms with van der Waals surface area (Å²) in [4.78, 5) is 2.49. The third kappa shape index (κ3) is 4.37. The molecule has 26 heavy (non-hydrogen) atoms. The van der Waals surface area contributed by atoms with E-state index in [1.807, 2.05) is 0 Å². The van der Waals surface area contributed by atoms with E-state index in [4.69, 9.17) is 5.41 Å². The van der Waals surface area contributed by atoms with Crippen molar-refractivity contribution in [1.29, 1.82) is 5.41 Å². The molecule has 3 heteroatoms. The molecule has 0 radical (unpaired) electrons. The highest BCUT2D eigenvalue weighted by Crippen LogP contribution is 2.35. The minimum Gasteiger partial charge on any atom is -0.310 e. The van der Waals surface area contributed by atoms with Gasteiger partial charge in [-0.1, -0.05) is 32.1 Å². The third-order valence-corrected chi connectivity index (χ3v) is 6.96. The van der Waals surface area contributed by atoms with Crippen LogP contribution in [0.3, 0.4) is 0 Å². The molecule has 144 valence electrons. The SMILES string of the molecule is C[C@H]1CC[C@H](C2=CC(=N)/C(=C\[C@H](C)[C@H]3CCN(C)C(C)(C)C3)C=C2)NC1. The summed E-state index contributed by atoms with van der Waals surface area (Å²) in [5, 5.41) is 12.2. The van der Waals surface area contributed by atoms with Crippen molar-refractivity contribution in [1.82, 2.24) is 10.2 Å². The van der Waals surface area contributed by atoms with Gasteiger partial charge in [0.25, 0.3) is 0 Å². The summed E-state index contributed by atoms with van der Waals surface area (Å²) in [6.45, 7) is 11.6. The minimum absolute atomic E-state index is 0.280. The number of rotatable bonds is 3. The van der Waals surface area contributed by atoms with Crippen LogP contribution in [0.15, 0.2) is 35.5 Å². The molecular formula is C23H37N3. The molecule has 0 aromatic rings. The fourth-order valence-corrected chi connectivity index (χ4v) is 4.65. The second kappa shape index (κ2) is 7.82. The quantitative estimate of drug-likeness (QED) is 0.778. The number of nitrogens with one attached hydrogen (secondary N) is 2. The van der Waals surface area contributed by atoms with Crippen molar-refractivity contribution in [3.05, 3.63) is 35.5 Å². The summed E-state index contributed by atoms with van der Waals surface area (Å²) in [6.07, 6.45) is 13.8. The monoisotopic (exact) mass is 355 g/mol. The van der Waals surface area contributed by atoms with Crippen LogP contribution >= 0.6 is 0 Å². The summed E-state index contributed by atoms with van der Waals surface area (Å²) in [7, 11) is 2.24. The van der Waals surface area contributed by atoms with E-state index in [0.717, 1.165) is 18.0 Å². The van der Waals surface area contributed by atoms with Crippen LogP contribution < -0.4 is 5.32 Å². The van der Waals surface area contributed by atoms with Gasteiger partial charge in [-0.2, -0.15) is 0 Å². The molecule has 0 saturated carbocycles. The van der Waals surface area contributed by atoms with E-state index in [-0.39, 0.29) is 5.54 Å². The average molecular weight is 356 g/mol. The van der Waals surface area contributed by atoms with Crippen LogP contribution in [0, 0.1) is 23.2 Å². The number of hydrogen-bond donors (Lipinski definition) is 2. The first-order valence-corrected chi connectivity index (χ1v) is 10.4. The van der Waals surface area contributed by atoms with E-state index in [9.17, 15) is 0 Å². The summed E-state index contributed by atoms with van der Waals surface area (Å²) in [5.41, 5.74) is 3.35. The molecular weight excluding hydrogens is 318 g/mol. The summed E-state index contributed by atoms with van der Waals surface area (Å²) in [5.74, 6) is 2.00. The molecule has 4 atom stereocenters. The van der Waals surface area contributed by atoms with Crippen LogP contribution in [0.25, 0.3) is 0 Å². The normalized spacial score (nSPS) is 35.4. The predicted molar refractivity (Wildman–Crippen MR) is 112 cm³/mol. The van der Waals surface area contributed by atoms with Crippen LogP contribution in [-0.2, 0) is 0 Å². The highest BCUT2D eigenvalue weighted by atomic mass is 15.2. The number of allylic oxidation sites excluding steroid dienone is 4. The lowest BCUT2D eigenvalue weighted by atomic mass is 9.76. The van der Waals surface area contributed by atoms with Crippen molar-refractivity contribution >= 4 is 5.71 Å². The number of hydrogen-bond acceptors (Lipinski definition) is 3. The molecule has 2 N–H and O–H groups in total. The lowest BCUT2D eigenvalue weighted by Crippen LogP contribution is -2.48. The second-order valence-corrected chi connectivity index (χ2v) is 9.50. The van der Waals surface area contributed by atoms with Gasteiger partial charge in [-0.15, -0.1) is 0 Å². The van der Waals surface area contributed by atoms with E-state index in [0.29, 0.717) is 23.6 Å². The van der Waals surface area contributed by atoms with Crippen LogP contribution in [0.4, 0.5) is 0 Å². The molecule has 0 amide bonds. The molecule has 2 heterocycles. The van der Waals surface area contributed by atoms with Gasteiger partial charge in [0, 0.05) is 11.6 Å². The molecule has 1 aliphatic carbocycles. The maximum atomic E-state index is 8.52. The van der Waals surface area contributed by atoms with Gasteiger partial charge in [0.1, 0.15) is 0 Å². The maximum Gasteiger partial charge on any atom is 0.0612 e. The van der Waals surface area contributed by atoms with Crippen molar-refractivity contribution in [3.63, 3.8) is 0 Å². The predicted octanol–water partition coefficient (Wildman–Crippen LogP) is 4.57. The van der Waals surface area contributed by atoms with E-state index in [1.165, 1.54) is 37.8 Å². The summed E-state index contributed by atoms with van der Waals surface area (Å²) >= 11 is 0. The van der Waals surface area contributed by atoms with Gasteiger partial charge in [-0.3, -0.25) is 0 Å². The standard InChI is InChI=1S/C23H37N3/c1-16-6-9-22(25-15-16)19-8-7-18(21(24)13-19)12-17(2)20-10-11-26(5)23(3,4)14-20/h7-8,12-13,16-17,20,22,24-25H,6,9-11,14-15H2,1-5H3/b18-12-,24-21?/t16-,17-,20-,22+/m0/s1. The minimum atomic E-state index is 0.280. The highest BCUT2D eigenvalue weighted by molar-refractivity contribution is 6.10. The number of piperidine rings is 2. The van der Waals surface area contributed by atoms with Crippen LogP contribution in [0.5, 0.6) is 0 Å². The van der Waals surface area contributed by atoms with Crippen molar-refractivity contribution in [3.8, 4) is 0 Å². The Kier molecular flexibility index (Phi) is 5.88. The fourth-order valence-electron chi connectivity index (χ4n) is 4.65. The summed E-state index contributed by atoms with van der Waals surface area (Å²) < 4.78 is 0. The van der Waals surface area contributed by atoms with Gasteiger partial charge in [0.15, 0.2) is 0 Å². The molecule has 0 bridgehead atoms. The first-order valence-electron chi connectivity index (χ1n) is 10.4. The fraction of sp³-hybridized carbons (Fsp3) is 0.696. The molecule has 0 aromatic carbocycles. The molecule has 2 fully saturated rings. The van der Waals surface area contributed by atoms with Gasteiger partial charge < -0.3 is 15.6 Å². The topological polar surface area (TPSA) is 39.1 Å². The zero-order valence-corrected chi connectivity index (χ0v) is 17.3. The van der Waals surface area contributed by atoms with Gasteiger partial charge in [0.2, 0.25) is 0 Å². The average Bonchev–Trinajstić information content (AvgIpc) is 2.59. The lowest BCUT2D eigenvalue weighted by Gasteiger charge is -2.45. The van der Waals surface area contributed by atoms with Gasteiger partial charge in [-0.25, -0.2) is 0 Å². The Morgan fingerprint density at radius 1 is 1.27 bits per heavy atom. The number of nitrogens with zero attached hydrogens (tertiary/aromatic N) is 1. The van der Waals surface area contributed by atoms with Gasteiger partial charge in [-0.05, 0) is 94.6 Å². The maximum absolute atomic E-state index is 8.52. The molecule has 2 aliphatic heterocycles. The van der Waals surface area contributed by atoms with E-state index in [1.54, 1.807) is 0 Å². The number of likely N-dealkylation sites (tertiary alicyclic amines) is 1. The molecule has 3 rings (SSSR count). The van der Waals surface area contributed by atoms with Crippen molar-refractivity contribution in [2.45, 2.75) is 65.0 Å². The first kappa shape index (κ1) is 19.6. The zero-order valence-electron chi connectivity index (χ0n) is 17.3. The molecule has 0 aromatic heterocycles. The largest absolute Gasteiger partial charge is 0.310 e. The smallest absolute Gasteiger partial charge is 0.0612 e. The zero-order chi connectivity index (χ0) is 18.9.